The quantitative estimate of drug-likeness (QED) is 0.886. The predicted molar refractivity (Wildman–Crippen MR) is 65.6 cm³/mol. The highest BCUT2D eigenvalue weighted by Crippen LogP contribution is 2.16. The number of halogens is 1. The monoisotopic (exact) mass is 270 g/mol. The van der Waals surface area contributed by atoms with Gasteiger partial charge in [0, 0.05) is 16.2 Å². The summed E-state index contributed by atoms with van der Waals surface area (Å²) >= 11 is 3.34. The number of nitrogens with two attached hydrogens (primary N) is 1. The number of hydrogen-bond donors (Lipinski definition) is 2. The smallest absolute Gasteiger partial charge is 0.228 e. The number of anilines is 1. The fourth-order valence-corrected chi connectivity index (χ4v) is 1.46. The zero-order valence-electron chi connectivity index (χ0n) is 8.83. The van der Waals surface area contributed by atoms with Crippen LogP contribution in [0.25, 0.3) is 0 Å². The largest absolute Gasteiger partial charge is 0.327 e. The van der Waals surface area contributed by atoms with E-state index >= 15 is 0 Å². The minimum atomic E-state index is -0.191. The van der Waals surface area contributed by atoms with Crippen molar-refractivity contribution >= 4 is 27.5 Å². The average molecular weight is 271 g/mol. The van der Waals surface area contributed by atoms with Gasteiger partial charge in [0.05, 0.1) is 5.92 Å². The number of hydrogen-bond acceptors (Lipinski definition) is 2. The van der Waals surface area contributed by atoms with Crippen molar-refractivity contribution in [3.63, 3.8) is 0 Å². The van der Waals surface area contributed by atoms with Crippen LogP contribution in [0.3, 0.4) is 0 Å². The Hall–Kier alpha value is -0.870. The van der Waals surface area contributed by atoms with E-state index in [9.17, 15) is 4.79 Å². The minimum absolute atomic E-state index is 0.0527. The van der Waals surface area contributed by atoms with Gasteiger partial charge >= 0.3 is 0 Å². The van der Waals surface area contributed by atoms with Gasteiger partial charge in [-0.05, 0) is 25.1 Å². The molecule has 0 aromatic heterocycles. The van der Waals surface area contributed by atoms with Crippen molar-refractivity contribution in [2.75, 3.05) is 5.32 Å². The Kier molecular flexibility index (Phi) is 4.29. The van der Waals surface area contributed by atoms with E-state index in [0.717, 1.165) is 10.2 Å². The first kappa shape index (κ1) is 12.2. The molecular formula is C11H15BrN2O. The zero-order chi connectivity index (χ0) is 11.4. The van der Waals surface area contributed by atoms with Gasteiger partial charge in [0.2, 0.25) is 5.91 Å². The van der Waals surface area contributed by atoms with Crippen LogP contribution in [0, 0.1) is 5.92 Å². The lowest BCUT2D eigenvalue weighted by Gasteiger charge is -2.15. The predicted octanol–water partition coefficient (Wildman–Crippen LogP) is 2.37. The van der Waals surface area contributed by atoms with E-state index in [1.54, 1.807) is 0 Å². The Balaban J connectivity index is 2.66. The summed E-state index contributed by atoms with van der Waals surface area (Å²) in [4.78, 5) is 11.7. The third-order valence-corrected chi connectivity index (χ3v) is 2.79. The Morgan fingerprint density at radius 3 is 2.67 bits per heavy atom. The molecule has 0 fully saturated rings. The van der Waals surface area contributed by atoms with Gasteiger partial charge in [0.25, 0.3) is 0 Å². The van der Waals surface area contributed by atoms with Gasteiger partial charge in [-0.2, -0.15) is 0 Å². The van der Waals surface area contributed by atoms with Gasteiger partial charge in [-0.3, -0.25) is 4.79 Å². The first-order chi connectivity index (χ1) is 7.00. The molecule has 0 spiro atoms. The van der Waals surface area contributed by atoms with Gasteiger partial charge in [-0.25, -0.2) is 0 Å². The Bertz CT molecular complexity index is 352. The summed E-state index contributed by atoms with van der Waals surface area (Å²) < 4.78 is 0.939. The van der Waals surface area contributed by atoms with Crippen molar-refractivity contribution in [3.05, 3.63) is 28.7 Å². The van der Waals surface area contributed by atoms with Crippen LogP contribution in [0.4, 0.5) is 5.69 Å². The molecule has 2 unspecified atom stereocenters. The van der Waals surface area contributed by atoms with Crippen molar-refractivity contribution in [2.24, 2.45) is 11.7 Å². The van der Waals surface area contributed by atoms with E-state index in [4.69, 9.17) is 5.73 Å². The molecule has 3 nitrogen and oxygen atoms in total. The molecule has 0 saturated heterocycles. The number of carbonyl (C=O) groups excluding carboxylic acids is 1. The van der Waals surface area contributed by atoms with E-state index < -0.39 is 0 Å². The Morgan fingerprint density at radius 1 is 1.47 bits per heavy atom. The van der Waals surface area contributed by atoms with Crippen LogP contribution in [-0.2, 0) is 4.79 Å². The summed E-state index contributed by atoms with van der Waals surface area (Å²) in [5.74, 6) is -0.243. The van der Waals surface area contributed by atoms with Crippen LogP contribution in [0.15, 0.2) is 28.7 Å². The van der Waals surface area contributed by atoms with Crippen molar-refractivity contribution in [3.8, 4) is 0 Å². The lowest BCUT2D eigenvalue weighted by atomic mass is 10.0. The maximum atomic E-state index is 11.7. The van der Waals surface area contributed by atoms with Crippen LogP contribution in [0.1, 0.15) is 13.8 Å². The number of carbonyl (C=O) groups is 1. The maximum Gasteiger partial charge on any atom is 0.228 e. The highest BCUT2D eigenvalue weighted by Gasteiger charge is 2.16. The Morgan fingerprint density at radius 2 is 2.13 bits per heavy atom. The summed E-state index contributed by atoms with van der Waals surface area (Å²) in [6.07, 6.45) is 0. The molecule has 1 aromatic carbocycles. The normalized spacial score (nSPS) is 14.4. The molecule has 0 heterocycles. The number of benzene rings is 1. The van der Waals surface area contributed by atoms with Crippen molar-refractivity contribution in [1.82, 2.24) is 0 Å². The third-order valence-electron chi connectivity index (χ3n) is 2.29. The number of nitrogens with one attached hydrogen (secondary N) is 1. The van der Waals surface area contributed by atoms with Crippen LogP contribution in [0.2, 0.25) is 0 Å². The fourth-order valence-electron chi connectivity index (χ4n) is 1.06. The SMILES string of the molecule is CC(N)C(C)C(=O)Nc1cccc(Br)c1. The van der Waals surface area contributed by atoms with E-state index in [-0.39, 0.29) is 17.9 Å². The van der Waals surface area contributed by atoms with E-state index in [2.05, 4.69) is 21.2 Å². The summed E-state index contributed by atoms with van der Waals surface area (Å²) in [6, 6.07) is 7.33. The second-order valence-electron chi connectivity index (χ2n) is 3.65. The van der Waals surface area contributed by atoms with Crippen molar-refractivity contribution in [2.45, 2.75) is 19.9 Å². The van der Waals surface area contributed by atoms with Crippen LogP contribution in [0.5, 0.6) is 0 Å². The summed E-state index contributed by atoms with van der Waals surface area (Å²) in [7, 11) is 0. The van der Waals surface area contributed by atoms with Gasteiger partial charge < -0.3 is 11.1 Å². The lowest BCUT2D eigenvalue weighted by Crippen LogP contribution is -2.34. The first-order valence-corrected chi connectivity index (χ1v) is 5.62. The average Bonchev–Trinajstić information content (AvgIpc) is 2.16. The highest BCUT2D eigenvalue weighted by molar-refractivity contribution is 9.10. The van der Waals surface area contributed by atoms with Gasteiger partial charge in [0.15, 0.2) is 0 Å². The molecule has 15 heavy (non-hydrogen) atoms. The lowest BCUT2D eigenvalue weighted by molar-refractivity contribution is -0.119. The van der Waals surface area contributed by atoms with Crippen LogP contribution >= 0.6 is 15.9 Å². The summed E-state index contributed by atoms with van der Waals surface area (Å²) in [5, 5.41) is 2.81. The van der Waals surface area contributed by atoms with Crippen molar-refractivity contribution in [1.29, 1.82) is 0 Å². The molecule has 2 atom stereocenters. The van der Waals surface area contributed by atoms with E-state index in [1.807, 2.05) is 38.1 Å². The molecule has 1 aromatic rings. The first-order valence-electron chi connectivity index (χ1n) is 4.82. The second-order valence-corrected chi connectivity index (χ2v) is 4.56. The maximum absolute atomic E-state index is 11.7. The minimum Gasteiger partial charge on any atom is -0.327 e. The number of amides is 1. The van der Waals surface area contributed by atoms with Gasteiger partial charge in [-0.15, -0.1) is 0 Å². The number of rotatable bonds is 3. The second kappa shape index (κ2) is 5.28. The van der Waals surface area contributed by atoms with Crippen molar-refractivity contribution < 1.29 is 4.79 Å². The van der Waals surface area contributed by atoms with Gasteiger partial charge in [0.1, 0.15) is 0 Å². The molecule has 0 radical (unpaired) electrons. The molecule has 4 heteroatoms. The molecule has 82 valence electrons. The highest BCUT2D eigenvalue weighted by atomic mass is 79.9. The molecule has 1 rings (SSSR count). The molecule has 0 saturated carbocycles. The van der Waals surface area contributed by atoms with E-state index in [0.29, 0.717) is 0 Å². The molecule has 1 amide bonds. The van der Waals surface area contributed by atoms with Crippen LogP contribution in [-0.4, -0.2) is 11.9 Å². The summed E-state index contributed by atoms with van der Waals surface area (Å²) in [5.41, 5.74) is 6.43. The fraction of sp³-hybridized carbons (Fsp3) is 0.364. The zero-order valence-corrected chi connectivity index (χ0v) is 10.4. The van der Waals surface area contributed by atoms with E-state index in [1.165, 1.54) is 0 Å². The van der Waals surface area contributed by atoms with Crippen LogP contribution < -0.4 is 11.1 Å². The third kappa shape index (κ3) is 3.64. The standard InChI is InChI=1S/C11H15BrN2O/c1-7(8(2)13)11(15)14-10-5-3-4-9(12)6-10/h3-8H,13H2,1-2H3,(H,14,15). The molecule has 0 aliphatic rings. The molecule has 0 aliphatic carbocycles. The Labute approximate surface area is 98.2 Å². The summed E-state index contributed by atoms with van der Waals surface area (Å²) in [6.45, 7) is 3.64. The molecular weight excluding hydrogens is 256 g/mol. The topological polar surface area (TPSA) is 55.1 Å². The molecule has 0 aliphatic heterocycles. The molecule has 0 bridgehead atoms. The molecule has 3 N–H and O–H groups in total. The van der Waals surface area contributed by atoms with Gasteiger partial charge in [-0.1, -0.05) is 28.9 Å².